The molecule has 0 aliphatic heterocycles. The minimum absolute atomic E-state index is 0.382. The molecule has 2 aromatic rings. The summed E-state index contributed by atoms with van der Waals surface area (Å²) in [6, 6.07) is 6.47. The summed E-state index contributed by atoms with van der Waals surface area (Å²) in [4.78, 5) is 24.0. The van der Waals surface area contributed by atoms with Gasteiger partial charge in [0, 0.05) is 5.56 Å². The van der Waals surface area contributed by atoms with E-state index < -0.39 is 11.8 Å². The van der Waals surface area contributed by atoms with Crippen molar-refractivity contribution in [3.63, 3.8) is 0 Å². The fraction of sp³-hybridized carbons (Fsp3) is 0.200. The molecule has 2 N–H and O–H groups in total. The molecule has 0 radical (unpaired) electrons. The summed E-state index contributed by atoms with van der Waals surface area (Å²) in [5.74, 6) is 0.874. The zero-order valence-electron chi connectivity index (χ0n) is 12.3. The molecule has 0 spiro atoms. The van der Waals surface area contributed by atoms with E-state index in [1.165, 1.54) is 7.11 Å². The number of aryl methyl sites for hydroxylation is 2. The average Bonchev–Trinajstić information content (AvgIpc) is 2.83. The molecule has 2 rings (SSSR count). The number of furan rings is 1. The van der Waals surface area contributed by atoms with Crippen LogP contribution in [0.25, 0.3) is 0 Å². The van der Waals surface area contributed by atoms with E-state index in [9.17, 15) is 9.59 Å². The van der Waals surface area contributed by atoms with E-state index in [1.807, 2.05) is 0 Å². The number of hydrazine groups is 1. The van der Waals surface area contributed by atoms with Crippen molar-refractivity contribution in [2.24, 2.45) is 0 Å². The second kappa shape index (κ2) is 6.65. The van der Waals surface area contributed by atoms with E-state index in [0.717, 1.165) is 0 Å². The van der Waals surface area contributed by atoms with Gasteiger partial charge in [-0.3, -0.25) is 20.4 Å². The van der Waals surface area contributed by atoms with E-state index in [2.05, 4.69) is 26.8 Å². The lowest BCUT2D eigenvalue weighted by molar-refractivity contribution is 0.0845. The first-order chi connectivity index (χ1) is 10.4. The molecular formula is C15H15BrN2O4. The van der Waals surface area contributed by atoms with Crippen LogP contribution in [-0.2, 0) is 0 Å². The van der Waals surface area contributed by atoms with E-state index in [0.29, 0.717) is 32.9 Å². The molecule has 0 aliphatic rings. The first-order valence-electron chi connectivity index (χ1n) is 6.43. The second-order valence-corrected chi connectivity index (χ2v) is 5.44. The quantitative estimate of drug-likeness (QED) is 0.818. The van der Waals surface area contributed by atoms with E-state index in [4.69, 9.17) is 9.15 Å². The fourth-order valence-corrected chi connectivity index (χ4v) is 2.46. The van der Waals surface area contributed by atoms with Crippen LogP contribution in [0.2, 0.25) is 0 Å². The Balaban J connectivity index is 2.02. The standard InChI is InChI=1S/C15H15BrN2O4/c1-8-6-11(9(2)22-8)15(20)18-17-14(19)10-4-5-13(21-3)12(16)7-10/h4-7H,1-3H3,(H,17,19)(H,18,20). The maximum atomic E-state index is 12.0. The van der Waals surface area contributed by atoms with Crippen LogP contribution in [0.5, 0.6) is 5.75 Å². The zero-order valence-corrected chi connectivity index (χ0v) is 13.9. The van der Waals surface area contributed by atoms with Crippen LogP contribution in [0.4, 0.5) is 0 Å². The number of hydrogen-bond acceptors (Lipinski definition) is 4. The van der Waals surface area contributed by atoms with Gasteiger partial charge in [0.2, 0.25) is 0 Å². The normalized spacial score (nSPS) is 10.2. The molecule has 2 amide bonds. The number of benzene rings is 1. The highest BCUT2D eigenvalue weighted by Gasteiger charge is 2.15. The van der Waals surface area contributed by atoms with Crippen LogP contribution >= 0.6 is 15.9 Å². The van der Waals surface area contributed by atoms with Gasteiger partial charge in [-0.2, -0.15) is 0 Å². The summed E-state index contributed by atoms with van der Waals surface area (Å²) in [5.41, 5.74) is 5.48. The van der Waals surface area contributed by atoms with Crippen molar-refractivity contribution in [1.29, 1.82) is 0 Å². The lowest BCUT2D eigenvalue weighted by Gasteiger charge is -2.08. The van der Waals surface area contributed by atoms with Crippen LogP contribution in [0.15, 0.2) is 33.2 Å². The SMILES string of the molecule is COc1ccc(C(=O)NNC(=O)c2cc(C)oc2C)cc1Br. The van der Waals surface area contributed by atoms with Crippen molar-refractivity contribution in [2.45, 2.75) is 13.8 Å². The van der Waals surface area contributed by atoms with Gasteiger partial charge in [-0.25, -0.2) is 0 Å². The van der Waals surface area contributed by atoms with Crippen molar-refractivity contribution in [3.05, 3.63) is 51.4 Å². The van der Waals surface area contributed by atoms with Crippen LogP contribution < -0.4 is 15.6 Å². The highest BCUT2D eigenvalue weighted by molar-refractivity contribution is 9.10. The highest BCUT2D eigenvalue weighted by Crippen LogP contribution is 2.25. The molecule has 1 aromatic heterocycles. The number of methoxy groups -OCH3 is 1. The van der Waals surface area contributed by atoms with Gasteiger partial charge in [0.1, 0.15) is 17.3 Å². The minimum Gasteiger partial charge on any atom is -0.496 e. The molecule has 1 aromatic carbocycles. The Hall–Kier alpha value is -2.28. The summed E-state index contributed by atoms with van der Waals surface area (Å²) in [5, 5.41) is 0. The van der Waals surface area contributed by atoms with Crippen LogP contribution in [0, 0.1) is 13.8 Å². The number of carbonyl (C=O) groups excluding carboxylic acids is 2. The summed E-state index contributed by atoms with van der Waals surface area (Å²) < 4.78 is 11.0. The van der Waals surface area contributed by atoms with Gasteiger partial charge in [0.15, 0.2) is 0 Å². The Kier molecular flexibility index (Phi) is 4.87. The molecule has 6 nitrogen and oxygen atoms in total. The molecular weight excluding hydrogens is 352 g/mol. The number of hydrogen-bond donors (Lipinski definition) is 2. The van der Waals surface area contributed by atoms with Gasteiger partial charge in [-0.1, -0.05) is 0 Å². The third kappa shape index (κ3) is 3.48. The molecule has 0 atom stereocenters. The van der Waals surface area contributed by atoms with Crippen molar-refractivity contribution < 1.29 is 18.7 Å². The maximum absolute atomic E-state index is 12.0. The molecule has 0 saturated carbocycles. The molecule has 1 heterocycles. The predicted molar refractivity (Wildman–Crippen MR) is 83.8 cm³/mol. The molecule has 7 heteroatoms. The van der Waals surface area contributed by atoms with Crippen molar-refractivity contribution in [1.82, 2.24) is 10.9 Å². The fourth-order valence-electron chi connectivity index (χ4n) is 1.92. The summed E-state index contributed by atoms with van der Waals surface area (Å²) in [6.07, 6.45) is 0. The molecule has 22 heavy (non-hydrogen) atoms. The third-order valence-electron chi connectivity index (χ3n) is 2.99. The van der Waals surface area contributed by atoms with Crippen molar-refractivity contribution in [2.75, 3.05) is 7.11 Å². The first-order valence-corrected chi connectivity index (χ1v) is 7.23. The molecule has 0 fully saturated rings. The smallest absolute Gasteiger partial charge is 0.273 e. The van der Waals surface area contributed by atoms with Crippen molar-refractivity contribution >= 4 is 27.7 Å². The van der Waals surface area contributed by atoms with Gasteiger partial charge in [0.05, 0.1) is 17.1 Å². The predicted octanol–water partition coefficient (Wildman–Crippen LogP) is 2.74. The maximum Gasteiger partial charge on any atom is 0.273 e. The van der Waals surface area contributed by atoms with Gasteiger partial charge in [-0.15, -0.1) is 0 Å². The Labute approximate surface area is 135 Å². The largest absolute Gasteiger partial charge is 0.496 e. The van der Waals surface area contributed by atoms with E-state index >= 15 is 0 Å². The Morgan fingerprint density at radius 1 is 1.14 bits per heavy atom. The van der Waals surface area contributed by atoms with E-state index in [-0.39, 0.29) is 0 Å². The molecule has 0 bridgehead atoms. The topological polar surface area (TPSA) is 80.6 Å². The lowest BCUT2D eigenvalue weighted by Crippen LogP contribution is -2.41. The van der Waals surface area contributed by atoms with Gasteiger partial charge < -0.3 is 9.15 Å². The first kappa shape index (κ1) is 16.1. The monoisotopic (exact) mass is 366 g/mol. The Bertz CT molecular complexity index is 724. The highest BCUT2D eigenvalue weighted by atomic mass is 79.9. The van der Waals surface area contributed by atoms with Crippen LogP contribution in [0.3, 0.4) is 0 Å². The van der Waals surface area contributed by atoms with Crippen LogP contribution in [-0.4, -0.2) is 18.9 Å². The number of amides is 2. The zero-order chi connectivity index (χ0) is 16.3. The Morgan fingerprint density at radius 3 is 2.36 bits per heavy atom. The summed E-state index contributed by atoms with van der Waals surface area (Å²) >= 11 is 3.30. The summed E-state index contributed by atoms with van der Waals surface area (Å²) in [7, 11) is 1.54. The molecule has 0 unspecified atom stereocenters. The third-order valence-corrected chi connectivity index (χ3v) is 3.61. The van der Waals surface area contributed by atoms with Crippen molar-refractivity contribution in [3.8, 4) is 5.75 Å². The van der Waals surface area contributed by atoms with Gasteiger partial charge in [0.25, 0.3) is 11.8 Å². The van der Waals surface area contributed by atoms with E-state index in [1.54, 1.807) is 38.1 Å². The van der Waals surface area contributed by atoms with Gasteiger partial charge in [-0.05, 0) is 54.0 Å². The second-order valence-electron chi connectivity index (χ2n) is 4.58. The lowest BCUT2D eigenvalue weighted by atomic mass is 10.2. The number of ether oxygens (including phenoxy) is 1. The molecule has 0 saturated heterocycles. The number of halogens is 1. The minimum atomic E-state index is -0.436. The number of carbonyl (C=O) groups is 2. The molecule has 116 valence electrons. The summed E-state index contributed by atoms with van der Waals surface area (Å²) in [6.45, 7) is 3.43. The number of rotatable bonds is 3. The molecule has 0 aliphatic carbocycles. The van der Waals surface area contributed by atoms with Gasteiger partial charge >= 0.3 is 0 Å². The van der Waals surface area contributed by atoms with Crippen LogP contribution in [0.1, 0.15) is 32.2 Å². The number of nitrogens with one attached hydrogen (secondary N) is 2. The average molecular weight is 367 g/mol. The Morgan fingerprint density at radius 2 is 1.82 bits per heavy atom.